The first-order valence-electron chi connectivity index (χ1n) is 8.57. The van der Waals surface area contributed by atoms with E-state index >= 15 is 0 Å². The van der Waals surface area contributed by atoms with E-state index in [2.05, 4.69) is 21.4 Å². The Hall–Kier alpha value is -3.12. The summed E-state index contributed by atoms with van der Waals surface area (Å²) in [7, 11) is 0. The lowest BCUT2D eigenvalue weighted by Gasteiger charge is -2.30. The zero-order valence-electron chi connectivity index (χ0n) is 14.6. The smallest absolute Gasteiger partial charge is 0.266 e. The number of hydrogen-bond donors (Lipinski definition) is 1. The van der Waals surface area contributed by atoms with Crippen LogP contribution in [0.4, 0.5) is 11.0 Å². The van der Waals surface area contributed by atoms with Gasteiger partial charge < -0.3 is 19.1 Å². The van der Waals surface area contributed by atoms with Crippen LogP contribution in [0.2, 0.25) is 0 Å². The number of piperidine rings is 1. The van der Waals surface area contributed by atoms with Gasteiger partial charge >= 0.3 is 0 Å². The molecular formula is C18H17N5O3S. The van der Waals surface area contributed by atoms with Crippen LogP contribution in [0.3, 0.4) is 0 Å². The average molecular weight is 383 g/mol. The van der Waals surface area contributed by atoms with Gasteiger partial charge in [-0.3, -0.25) is 4.79 Å². The van der Waals surface area contributed by atoms with Crippen LogP contribution in [0, 0.1) is 24.2 Å². The number of carbonyl (C=O) groups is 1. The summed E-state index contributed by atoms with van der Waals surface area (Å²) in [6, 6.07) is 5.54. The molecule has 1 saturated heterocycles. The van der Waals surface area contributed by atoms with Crippen molar-refractivity contribution in [2.45, 2.75) is 19.8 Å². The number of thiazole rings is 1. The zero-order chi connectivity index (χ0) is 18.8. The molecule has 138 valence electrons. The van der Waals surface area contributed by atoms with E-state index in [1.54, 1.807) is 18.3 Å². The molecule has 1 N–H and O–H groups in total. The van der Waals surface area contributed by atoms with E-state index in [0.29, 0.717) is 42.7 Å². The van der Waals surface area contributed by atoms with Crippen LogP contribution in [0.5, 0.6) is 0 Å². The maximum Gasteiger partial charge on any atom is 0.266 e. The zero-order valence-corrected chi connectivity index (χ0v) is 15.5. The first kappa shape index (κ1) is 17.3. The second kappa shape index (κ2) is 7.25. The van der Waals surface area contributed by atoms with Gasteiger partial charge in [-0.2, -0.15) is 10.2 Å². The number of nitrogens with zero attached hydrogens (tertiary/aromatic N) is 4. The van der Waals surface area contributed by atoms with Gasteiger partial charge in [0.2, 0.25) is 17.5 Å². The van der Waals surface area contributed by atoms with Gasteiger partial charge in [-0.05, 0) is 31.9 Å². The van der Waals surface area contributed by atoms with E-state index < -0.39 is 0 Å². The summed E-state index contributed by atoms with van der Waals surface area (Å²) in [6.45, 7) is 3.17. The first-order chi connectivity index (χ1) is 13.1. The molecule has 8 nitrogen and oxygen atoms in total. The Kier molecular flexibility index (Phi) is 4.64. The molecule has 0 spiro atoms. The van der Waals surface area contributed by atoms with Crippen molar-refractivity contribution in [3.63, 3.8) is 0 Å². The summed E-state index contributed by atoms with van der Waals surface area (Å²) in [6.07, 6.45) is 4.60. The number of amides is 1. The van der Waals surface area contributed by atoms with Crippen molar-refractivity contribution in [3.05, 3.63) is 35.2 Å². The first-order valence-corrected chi connectivity index (χ1v) is 9.38. The van der Waals surface area contributed by atoms with Gasteiger partial charge in [-0.25, -0.2) is 4.98 Å². The van der Waals surface area contributed by atoms with Gasteiger partial charge in [0.1, 0.15) is 6.07 Å². The molecule has 27 heavy (non-hydrogen) atoms. The standard InChI is InChI=1S/C18H17N5O3S/c1-11-10-20-18(27-11)22-15(24)12-4-6-23(7-5-12)17-13(9-19)21-16(26-17)14-3-2-8-25-14/h2-3,8,10,12H,4-7H2,1H3,(H,20,22,24). The minimum absolute atomic E-state index is 0.0154. The highest BCUT2D eigenvalue weighted by molar-refractivity contribution is 7.15. The van der Waals surface area contributed by atoms with Gasteiger partial charge in [0, 0.05) is 30.1 Å². The molecule has 1 amide bonds. The van der Waals surface area contributed by atoms with Gasteiger partial charge in [0.15, 0.2) is 10.9 Å². The monoisotopic (exact) mass is 383 g/mol. The minimum Gasteiger partial charge on any atom is -0.459 e. The molecule has 0 atom stereocenters. The summed E-state index contributed by atoms with van der Waals surface area (Å²) < 4.78 is 11.1. The van der Waals surface area contributed by atoms with E-state index in [-0.39, 0.29) is 23.4 Å². The lowest BCUT2D eigenvalue weighted by Crippen LogP contribution is -2.38. The molecule has 4 rings (SSSR count). The molecule has 1 aliphatic heterocycles. The third-order valence-electron chi connectivity index (χ3n) is 4.45. The highest BCUT2D eigenvalue weighted by Gasteiger charge is 2.29. The molecule has 0 bridgehead atoms. The van der Waals surface area contributed by atoms with E-state index in [1.165, 1.54) is 17.6 Å². The van der Waals surface area contributed by atoms with Crippen LogP contribution in [0.15, 0.2) is 33.4 Å². The summed E-state index contributed by atoms with van der Waals surface area (Å²) >= 11 is 1.46. The second-order valence-corrected chi connectivity index (χ2v) is 7.52. The van der Waals surface area contributed by atoms with Crippen molar-refractivity contribution in [2.24, 2.45) is 5.92 Å². The fraction of sp³-hybridized carbons (Fsp3) is 0.333. The number of carbonyl (C=O) groups excluding carboxylic acids is 1. The van der Waals surface area contributed by atoms with E-state index in [0.717, 1.165) is 4.88 Å². The van der Waals surface area contributed by atoms with E-state index in [4.69, 9.17) is 8.83 Å². The number of hydrogen-bond acceptors (Lipinski definition) is 8. The Labute approximate surface area is 159 Å². The number of oxazole rings is 1. The fourth-order valence-electron chi connectivity index (χ4n) is 3.07. The summed E-state index contributed by atoms with van der Waals surface area (Å²) in [5.74, 6) is 1.08. The van der Waals surface area contributed by atoms with Crippen LogP contribution in [-0.2, 0) is 4.79 Å². The Balaban J connectivity index is 1.42. The van der Waals surface area contributed by atoms with Crippen molar-refractivity contribution < 1.29 is 13.6 Å². The number of aryl methyl sites for hydroxylation is 1. The molecule has 0 saturated carbocycles. The second-order valence-electron chi connectivity index (χ2n) is 6.29. The number of anilines is 2. The van der Waals surface area contributed by atoms with Crippen LogP contribution in [0.25, 0.3) is 11.7 Å². The number of rotatable bonds is 4. The van der Waals surface area contributed by atoms with Crippen molar-refractivity contribution >= 4 is 28.3 Å². The molecule has 0 unspecified atom stereocenters. The Morgan fingerprint density at radius 3 is 2.89 bits per heavy atom. The third kappa shape index (κ3) is 3.57. The summed E-state index contributed by atoms with van der Waals surface area (Å²) in [5.41, 5.74) is 0.225. The van der Waals surface area contributed by atoms with Crippen LogP contribution >= 0.6 is 11.3 Å². The maximum atomic E-state index is 12.4. The van der Waals surface area contributed by atoms with Gasteiger partial charge in [0.05, 0.1) is 6.26 Å². The fourth-order valence-corrected chi connectivity index (χ4v) is 3.74. The molecule has 3 aromatic rings. The van der Waals surface area contributed by atoms with Gasteiger partial charge in [-0.1, -0.05) is 0 Å². The van der Waals surface area contributed by atoms with Crippen LogP contribution in [-0.4, -0.2) is 29.0 Å². The number of furan rings is 1. The molecule has 0 aliphatic carbocycles. The van der Waals surface area contributed by atoms with Crippen LogP contribution < -0.4 is 10.2 Å². The normalized spacial score (nSPS) is 14.9. The minimum atomic E-state index is -0.0940. The highest BCUT2D eigenvalue weighted by Crippen LogP contribution is 2.31. The van der Waals surface area contributed by atoms with Crippen molar-refractivity contribution in [2.75, 3.05) is 23.3 Å². The highest BCUT2D eigenvalue weighted by atomic mass is 32.1. The third-order valence-corrected chi connectivity index (χ3v) is 5.28. The Morgan fingerprint density at radius 1 is 1.44 bits per heavy atom. The Bertz CT molecular complexity index is 977. The summed E-state index contributed by atoms with van der Waals surface area (Å²) in [5, 5.41) is 12.9. The number of nitrogens with one attached hydrogen (secondary N) is 1. The molecule has 9 heteroatoms. The average Bonchev–Trinajstić information content (AvgIpc) is 3.42. The maximum absolute atomic E-state index is 12.4. The predicted molar refractivity (Wildman–Crippen MR) is 99.3 cm³/mol. The number of nitriles is 1. The van der Waals surface area contributed by atoms with Crippen molar-refractivity contribution in [1.82, 2.24) is 9.97 Å². The lowest BCUT2D eigenvalue weighted by molar-refractivity contribution is -0.120. The molecule has 1 fully saturated rings. The molecular weight excluding hydrogens is 366 g/mol. The van der Waals surface area contributed by atoms with Crippen LogP contribution in [0.1, 0.15) is 23.4 Å². The molecule has 3 aromatic heterocycles. The predicted octanol–water partition coefficient (Wildman–Crippen LogP) is 3.43. The van der Waals surface area contributed by atoms with E-state index in [9.17, 15) is 10.1 Å². The quantitative estimate of drug-likeness (QED) is 0.735. The molecule has 0 radical (unpaired) electrons. The number of aromatic nitrogens is 2. The Morgan fingerprint density at radius 2 is 2.26 bits per heavy atom. The largest absolute Gasteiger partial charge is 0.459 e. The van der Waals surface area contributed by atoms with Crippen molar-refractivity contribution in [3.8, 4) is 17.7 Å². The lowest BCUT2D eigenvalue weighted by atomic mass is 9.96. The topological polar surface area (TPSA) is 108 Å². The SMILES string of the molecule is Cc1cnc(NC(=O)C2CCN(c3oc(-c4ccco4)nc3C#N)CC2)s1. The van der Waals surface area contributed by atoms with Gasteiger partial charge in [-0.15, -0.1) is 11.3 Å². The molecule has 0 aromatic carbocycles. The van der Waals surface area contributed by atoms with E-state index in [1.807, 2.05) is 11.8 Å². The van der Waals surface area contributed by atoms with Crippen molar-refractivity contribution in [1.29, 1.82) is 5.26 Å². The van der Waals surface area contributed by atoms with Gasteiger partial charge in [0.25, 0.3) is 5.89 Å². The molecule has 1 aliphatic rings. The molecule has 4 heterocycles. The summed E-state index contributed by atoms with van der Waals surface area (Å²) in [4.78, 5) is 23.8.